The number of aromatic nitrogens is 1. The zero-order chi connectivity index (χ0) is 11.4. The summed E-state index contributed by atoms with van der Waals surface area (Å²) in [7, 11) is 1.37. The van der Waals surface area contributed by atoms with E-state index in [-0.39, 0.29) is 5.97 Å². The zero-order valence-electron chi connectivity index (χ0n) is 9.49. The Morgan fingerprint density at radius 1 is 1.67 bits per heavy atom. The molecule has 1 aromatic rings. The molecule has 0 aliphatic heterocycles. The highest BCUT2D eigenvalue weighted by molar-refractivity contribution is 5.88. The summed E-state index contributed by atoms with van der Waals surface area (Å²) in [4.78, 5) is 11.4. The number of hydrogen-bond acceptors (Lipinski definition) is 3. The van der Waals surface area contributed by atoms with Crippen molar-refractivity contribution in [1.29, 1.82) is 0 Å². The first-order valence-corrected chi connectivity index (χ1v) is 5.12. The van der Waals surface area contributed by atoms with Gasteiger partial charge in [0, 0.05) is 12.7 Å². The van der Waals surface area contributed by atoms with E-state index in [0.29, 0.717) is 17.3 Å². The molecule has 0 bridgehead atoms. The molecule has 0 aliphatic carbocycles. The second-order valence-corrected chi connectivity index (χ2v) is 3.82. The van der Waals surface area contributed by atoms with Crippen LogP contribution >= 0.6 is 0 Å². The highest BCUT2D eigenvalue weighted by atomic mass is 16.5. The van der Waals surface area contributed by atoms with Crippen molar-refractivity contribution in [2.24, 2.45) is 5.92 Å². The Bertz CT molecular complexity index is 344. The Labute approximate surface area is 90.0 Å². The number of esters is 1. The van der Waals surface area contributed by atoms with Crippen molar-refractivity contribution in [2.45, 2.75) is 26.8 Å². The second-order valence-electron chi connectivity index (χ2n) is 3.82. The van der Waals surface area contributed by atoms with Gasteiger partial charge < -0.3 is 15.0 Å². The van der Waals surface area contributed by atoms with Crippen molar-refractivity contribution in [3.05, 3.63) is 18.0 Å². The zero-order valence-corrected chi connectivity index (χ0v) is 9.49. The van der Waals surface area contributed by atoms with E-state index in [1.165, 1.54) is 7.11 Å². The molecule has 1 rings (SSSR count). The molecule has 0 amide bonds. The summed E-state index contributed by atoms with van der Waals surface area (Å²) >= 11 is 0. The molecule has 1 unspecified atom stereocenters. The topological polar surface area (TPSA) is 57.2 Å². The molecule has 1 atom stereocenters. The summed E-state index contributed by atoms with van der Waals surface area (Å²) in [6, 6.07) is 1.65. The Hall–Kier alpha value is -1.45. The average Bonchev–Trinajstić information content (AvgIpc) is 2.58. The molecular weight excluding hydrogens is 192 g/mol. The van der Waals surface area contributed by atoms with Gasteiger partial charge >= 0.3 is 5.97 Å². The van der Waals surface area contributed by atoms with Crippen LogP contribution in [0, 0.1) is 5.92 Å². The van der Waals surface area contributed by atoms with Crippen LogP contribution in [-0.2, 0) is 11.3 Å². The number of carbonyl (C=O) groups excluding carboxylic acids is 1. The molecule has 0 saturated heterocycles. The molecule has 0 radical (unpaired) electrons. The van der Waals surface area contributed by atoms with Crippen LogP contribution in [0.4, 0.5) is 5.69 Å². The summed E-state index contributed by atoms with van der Waals surface area (Å²) in [6.07, 6.45) is 2.84. The lowest BCUT2D eigenvalue weighted by Gasteiger charge is -2.12. The second kappa shape index (κ2) is 4.87. The van der Waals surface area contributed by atoms with Crippen molar-refractivity contribution in [2.75, 3.05) is 12.8 Å². The molecule has 2 N–H and O–H groups in total. The monoisotopic (exact) mass is 210 g/mol. The van der Waals surface area contributed by atoms with Gasteiger partial charge in [0.2, 0.25) is 0 Å². The quantitative estimate of drug-likeness (QED) is 0.772. The van der Waals surface area contributed by atoms with Crippen LogP contribution < -0.4 is 5.73 Å². The number of nitrogens with zero attached hydrogens (tertiary/aromatic N) is 1. The van der Waals surface area contributed by atoms with E-state index >= 15 is 0 Å². The minimum absolute atomic E-state index is 0.338. The minimum Gasteiger partial charge on any atom is -0.464 e. The Balaban J connectivity index is 2.91. The predicted molar refractivity (Wildman–Crippen MR) is 59.6 cm³/mol. The highest BCUT2D eigenvalue weighted by Gasteiger charge is 2.14. The van der Waals surface area contributed by atoms with Crippen molar-refractivity contribution >= 4 is 11.7 Å². The largest absolute Gasteiger partial charge is 0.464 e. The van der Waals surface area contributed by atoms with Crippen LogP contribution in [0.2, 0.25) is 0 Å². The van der Waals surface area contributed by atoms with Gasteiger partial charge in [-0.15, -0.1) is 0 Å². The van der Waals surface area contributed by atoms with E-state index in [2.05, 4.69) is 13.8 Å². The Morgan fingerprint density at radius 2 is 2.33 bits per heavy atom. The molecule has 15 heavy (non-hydrogen) atoms. The van der Waals surface area contributed by atoms with Crippen molar-refractivity contribution in [1.82, 2.24) is 4.57 Å². The molecule has 4 heteroatoms. The molecule has 0 spiro atoms. The van der Waals surface area contributed by atoms with Gasteiger partial charge in [0.05, 0.1) is 12.8 Å². The first-order valence-electron chi connectivity index (χ1n) is 5.12. The van der Waals surface area contributed by atoms with Crippen LogP contribution in [0.3, 0.4) is 0 Å². The molecule has 0 fully saturated rings. The molecular formula is C11H18N2O2. The van der Waals surface area contributed by atoms with Crippen LogP contribution in [-0.4, -0.2) is 17.6 Å². The van der Waals surface area contributed by atoms with E-state index in [1.54, 1.807) is 12.3 Å². The molecule has 1 heterocycles. The third-order valence-electron chi connectivity index (χ3n) is 2.52. The van der Waals surface area contributed by atoms with Crippen LogP contribution in [0.15, 0.2) is 12.3 Å². The normalized spacial score (nSPS) is 12.5. The first kappa shape index (κ1) is 11.6. The van der Waals surface area contributed by atoms with Gasteiger partial charge in [-0.05, 0) is 12.0 Å². The predicted octanol–water partition coefficient (Wildman–Crippen LogP) is 1.90. The number of nitrogens with two attached hydrogens (primary N) is 1. The molecule has 0 saturated carbocycles. The summed E-state index contributed by atoms with van der Waals surface area (Å²) in [5.41, 5.74) is 6.78. The smallest absolute Gasteiger partial charge is 0.354 e. The van der Waals surface area contributed by atoms with Gasteiger partial charge in [-0.1, -0.05) is 20.3 Å². The summed E-state index contributed by atoms with van der Waals surface area (Å²) in [6.45, 7) is 5.05. The summed E-state index contributed by atoms with van der Waals surface area (Å²) < 4.78 is 6.55. The maximum Gasteiger partial charge on any atom is 0.354 e. The van der Waals surface area contributed by atoms with Crippen molar-refractivity contribution < 1.29 is 9.53 Å². The summed E-state index contributed by atoms with van der Waals surface area (Å²) in [5.74, 6) is 0.176. The average molecular weight is 210 g/mol. The fraction of sp³-hybridized carbons (Fsp3) is 0.545. The Morgan fingerprint density at radius 3 is 2.87 bits per heavy atom. The SMILES string of the molecule is CCC(C)Cn1cc(N)cc1C(=O)OC. The van der Waals surface area contributed by atoms with Crippen molar-refractivity contribution in [3.63, 3.8) is 0 Å². The standard InChI is InChI=1S/C11H18N2O2/c1-4-8(2)6-13-7-9(12)5-10(13)11(14)15-3/h5,7-8H,4,6,12H2,1-3H3. The van der Waals surface area contributed by atoms with Gasteiger partial charge in [0.25, 0.3) is 0 Å². The van der Waals surface area contributed by atoms with Crippen LogP contribution in [0.5, 0.6) is 0 Å². The maximum atomic E-state index is 11.4. The number of hydrogen-bond donors (Lipinski definition) is 1. The van der Waals surface area contributed by atoms with E-state index in [0.717, 1.165) is 13.0 Å². The third kappa shape index (κ3) is 2.75. The molecule has 0 aliphatic rings. The van der Waals surface area contributed by atoms with Crippen LogP contribution in [0.25, 0.3) is 0 Å². The number of nitrogen functional groups attached to an aromatic ring is 1. The third-order valence-corrected chi connectivity index (χ3v) is 2.52. The number of carbonyl (C=O) groups is 1. The minimum atomic E-state index is -0.338. The Kier molecular flexibility index (Phi) is 3.77. The van der Waals surface area contributed by atoms with E-state index in [4.69, 9.17) is 10.5 Å². The van der Waals surface area contributed by atoms with E-state index in [1.807, 2.05) is 4.57 Å². The maximum absolute atomic E-state index is 11.4. The summed E-state index contributed by atoms with van der Waals surface area (Å²) in [5, 5.41) is 0. The lowest BCUT2D eigenvalue weighted by molar-refractivity contribution is 0.0587. The fourth-order valence-corrected chi connectivity index (χ4v) is 1.42. The molecule has 0 aromatic carbocycles. The highest BCUT2D eigenvalue weighted by Crippen LogP contribution is 2.15. The fourth-order valence-electron chi connectivity index (χ4n) is 1.42. The van der Waals surface area contributed by atoms with Crippen LogP contribution in [0.1, 0.15) is 30.8 Å². The molecule has 84 valence electrons. The van der Waals surface area contributed by atoms with E-state index in [9.17, 15) is 4.79 Å². The van der Waals surface area contributed by atoms with Gasteiger partial charge in [0.15, 0.2) is 0 Å². The van der Waals surface area contributed by atoms with Gasteiger partial charge in [-0.25, -0.2) is 4.79 Å². The molecule has 1 aromatic heterocycles. The van der Waals surface area contributed by atoms with E-state index < -0.39 is 0 Å². The number of ether oxygens (including phenoxy) is 1. The number of anilines is 1. The van der Waals surface area contributed by atoms with Gasteiger partial charge in [-0.3, -0.25) is 0 Å². The number of rotatable bonds is 4. The molecule has 4 nitrogen and oxygen atoms in total. The number of methoxy groups -OCH3 is 1. The first-order chi connectivity index (χ1) is 7.08. The lowest BCUT2D eigenvalue weighted by Crippen LogP contribution is -2.13. The van der Waals surface area contributed by atoms with Crippen molar-refractivity contribution in [3.8, 4) is 0 Å². The van der Waals surface area contributed by atoms with Gasteiger partial charge in [-0.2, -0.15) is 0 Å². The van der Waals surface area contributed by atoms with Gasteiger partial charge in [0.1, 0.15) is 5.69 Å². The lowest BCUT2D eigenvalue weighted by atomic mass is 10.1.